The maximum atomic E-state index is 5.40. The lowest BCUT2D eigenvalue weighted by molar-refractivity contribution is 0.122. The lowest BCUT2D eigenvalue weighted by Crippen LogP contribution is -2.36. The standard InChI is InChI=1S/C19H24N2O/c1-16-3-2-4-18(13-16)15-20-14-17-5-7-19(8-6-17)21-9-11-22-12-10-21/h2-8,13,20H,9-12,14-15H2,1H3. The average molecular weight is 296 g/mol. The fourth-order valence-corrected chi connectivity index (χ4v) is 2.82. The van der Waals surface area contributed by atoms with Crippen LogP contribution in [0.2, 0.25) is 0 Å². The molecule has 3 heteroatoms. The van der Waals surface area contributed by atoms with Crippen molar-refractivity contribution in [1.29, 1.82) is 0 Å². The van der Waals surface area contributed by atoms with Crippen molar-refractivity contribution in [3.63, 3.8) is 0 Å². The van der Waals surface area contributed by atoms with Crippen molar-refractivity contribution in [3.05, 3.63) is 65.2 Å². The Morgan fingerprint density at radius 2 is 1.68 bits per heavy atom. The fraction of sp³-hybridized carbons (Fsp3) is 0.368. The van der Waals surface area contributed by atoms with Gasteiger partial charge in [0.2, 0.25) is 0 Å². The third kappa shape index (κ3) is 4.09. The Balaban J connectivity index is 1.50. The van der Waals surface area contributed by atoms with Gasteiger partial charge in [0, 0.05) is 31.9 Å². The smallest absolute Gasteiger partial charge is 0.0642 e. The van der Waals surface area contributed by atoms with Crippen LogP contribution < -0.4 is 10.2 Å². The van der Waals surface area contributed by atoms with Crippen LogP contribution in [0.15, 0.2) is 48.5 Å². The van der Waals surface area contributed by atoms with E-state index in [-0.39, 0.29) is 0 Å². The molecule has 22 heavy (non-hydrogen) atoms. The molecule has 0 radical (unpaired) electrons. The molecule has 3 rings (SSSR count). The zero-order chi connectivity index (χ0) is 15.2. The highest BCUT2D eigenvalue weighted by Crippen LogP contribution is 2.16. The van der Waals surface area contributed by atoms with E-state index in [4.69, 9.17) is 4.74 Å². The van der Waals surface area contributed by atoms with E-state index < -0.39 is 0 Å². The lowest BCUT2D eigenvalue weighted by Gasteiger charge is -2.28. The predicted molar refractivity (Wildman–Crippen MR) is 91.2 cm³/mol. The van der Waals surface area contributed by atoms with Gasteiger partial charge in [-0.05, 0) is 30.2 Å². The van der Waals surface area contributed by atoms with Crippen LogP contribution in [-0.4, -0.2) is 26.3 Å². The third-order valence-electron chi connectivity index (χ3n) is 4.05. The normalized spacial score (nSPS) is 15.0. The number of nitrogens with one attached hydrogen (secondary N) is 1. The molecule has 3 nitrogen and oxygen atoms in total. The molecule has 0 bridgehead atoms. The molecular weight excluding hydrogens is 272 g/mol. The molecule has 2 aromatic rings. The second-order valence-electron chi connectivity index (χ2n) is 5.86. The van der Waals surface area contributed by atoms with Crippen molar-refractivity contribution in [3.8, 4) is 0 Å². The summed E-state index contributed by atoms with van der Waals surface area (Å²) in [7, 11) is 0. The molecule has 2 aromatic carbocycles. The first-order chi connectivity index (χ1) is 10.8. The second kappa shape index (κ2) is 7.43. The van der Waals surface area contributed by atoms with Crippen LogP contribution in [0.3, 0.4) is 0 Å². The van der Waals surface area contributed by atoms with Crippen molar-refractivity contribution in [2.24, 2.45) is 0 Å². The SMILES string of the molecule is Cc1cccc(CNCc2ccc(N3CCOCC3)cc2)c1. The summed E-state index contributed by atoms with van der Waals surface area (Å²) in [5.74, 6) is 0. The molecule has 1 aliphatic heterocycles. The molecule has 0 unspecified atom stereocenters. The zero-order valence-electron chi connectivity index (χ0n) is 13.2. The number of ether oxygens (including phenoxy) is 1. The van der Waals surface area contributed by atoms with E-state index in [0.717, 1.165) is 39.4 Å². The van der Waals surface area contributed by atoms with E-state index in [0.29, 0.717) is 0 Å². The van der Waals surface area contributed by atoms with Gasteiger partial charge in [0.1, 0.15) is 0 Å². The van der Waals surface area contributed by atoms with Gasteiger partial charge in [0.05, 0.1) is 13.2 Å². The van der Waals surface area contributed by atoms with Gasteiger partial charge in [0.15, 0.2) is 0 Å². The Labute approximate surface area is 132 Å². The van der Waals surface area contributed by atoms with Crippen molar-refractivity contribution < 1.29 is 4.74 Å². The minimum Gasteiger partial charge on any atom is -0.378 e. The third-order valence-corrected chi connectivity index (χ3v) is 4.05. The van der Waals surface area contributed by atoms with Crippen LogP contribution in [-0.2, 0) is 17.8 Å². The van der Waals surface area contributed by atoms with Gasteiger partial charge < -0.3 is 15.0 Å². The van der Waals surface area contributed by atoms with Gasteiger partial charge in [-0.2, -0.15) is 0 Å². The molecule has 0 spiro atoms. The molecule has 1 saturated heterocycles. The summed E-state index contributed by atoms with van der Waals surface area (Å²) >= 11 is 0. The summed E-state index contributed by atoms with van der Waals surface area (Å²) in [6.07, 6.45) is 0. The molecule has 1 fully saturated rings. The van der Waals surface area contributed by atoms with Crippen LogP contribution in [0.5, 0.6) is 0 Å². The van der Waals surface area contributed by atoms with Crippen molar-refractivity contribution in [2.45, 2.75) is 20.0 Å². The first kappa shape index (κ1) is 15.1. The summed E-state index contributed by atoms with van der Waals surface area (Å²) in [5, 5.41) is 3.51. The van der Waals surface area contributed by atoms with Gasteiger partial charge in [-0.15, -0.1) is 0 Å². The second-order valence-corrected chi connectivity index (χ2v) is 5.86. The number of rotatable bonds is 5. The molecule has 1 heterocycles. The average Bonchev–Trinajstić information content (AvgIpc) is 2.56. The summed E-state index contributed by atoms with van der Waals surface area (Å²) in [4.78, 5) is 2.38. The number of hydrogen-bond acceptors (Lipinski definition) is 3. The van der Waals surface area contributed by atoms with Crippen LogP contribution in [0.1, 0.15) is 16.7 Å². The van der Waals surface area contributed by atoms with Crippen LogP contribution in [0.25, 0.3) is 0 Å². The molecule has 0 amide bonds. The topological polar surface area (TPSA) is 24.5 Å². The maximum absolute atomic E-state index is 5.40. The Morgan fingerprint density at radius 1 is 0.955 bits per heavy atom. The molecule has 1 N–H and O–H groups in total. The quantitative estimate of drug-likeness (QED) is 0.917. The minimum atomic E-state index is 0.833. The van der Waals surface area contributed by atoms with Gasteiger partial charge in [0.25, 0.3) is 0 Å². The fourth-order valence-electron chi connectivity index (χ4n) is 2.82. The zero-order valence-corrected chi connectivity index (χ0v) is 13.2. The summed E-state index contributed by atoms with van der Waals surface area (Å²) in [6.45, 7) is 7.59. The monoisotopic (exact) mass is 296 g/mol. The highest BCUT2D eigenvalue weighted by molar-refractivity contribution is 5.47. The number of morpholine rings is 1. The van der Waals surface area contributed by atoms with Gasteiger partial charge in [-0.1, -0.05) is 42.0 Å². The highest BCUT2D eigenvalue weighted by Gasteiger charge is 2.10. The molecule has 0 aromatic heterocycles. The number of nitrogens with zero attached hydrogens (tertiary/aromatic N) is 1. The largest absolute Gasteiger partial charge is 0.378 e. The molecular formula is C19H24N2O. The van der Waals surface area contributed by atoms with Crippen LogP contribution >= 0.6 is 0 Å². The van der Waals surface area contributed by atoms with E-state index in [2.05, 4.69) is 65.7 Å². The molecule has 0 aliphatic carbocycles. The minimum absolute atomic E-state index is 0.833. The number of anilines is 1. The van der Waals surface area contributed by atoms with E-state index in [1.54, 1.807) is 0 Å². The maximum Gasteiger partial charge on any atom is 0.0642 e. The van der Waals surface area contributed by atoms with Crippen LogP contribution in [0.4, 0.5) is 5.69 Å². The predicted octanol–water partition coefficient (Wildman–Crippen LogP) is 3.12. The van der Waals surface area contributed by atoms with Gasteiger partial charge >= 0.3 is 0 Å². The molecule has 116 valence electrons. The Bertz CT molecular complexity index is 589. The first-order valence-electron chi connectivity index (χ1n) is 7.99. The van der Waals surface area contributed by atoms with Crippen molar-refractivity contribution >= 4 is 5.69 Å². The number of hydrogen-bond donors (Lipinski definition) is 1. The number of aryl methyl sites for hydroxylation is 1. The van der Waals surface area contributed by atoms with Gasteiger partial charge in [-0.3, -0.25) is 0 Å². The first-order valence-corrected chi connectivity index (χ1v) is 7.99. The lowest BCUT2D eigenvalue weighted by atomic mass is 10.1. The molecule has 0 atom stereocenters. The van der Waals surface area contributed by atoms with Crippen LogP contribution in [0, 0.1) is 6.92 Å². The molecule has 0 saturated carbocycles. The number of benzene rings is 2. The van der Waals surface area contributed by atoms with Crippen molar-refractivity contribution in [2.75, 3.05) is 31.2 Å². The highest BCUT2D eigenvalue weighted by atomic mass is 16.5. The van der Waals surface area contributed by atoms with E-state index in [1.165, 1.54) is 22.4 Å². The Hall–Kier alpha value is -1.84. The Morgan fingerprint density at radius 3 is 2.41 bits per heavy atom. The summed E-state index contributed by atoms with van der Waals surface area (Å²) in [6, 6.07) is 17.5. The summed E-state index contributed by atoms with van der Waals surface area (Å²) < 4.78 is 5.40. The van der Waals surface area contributed by atoms with E-state index >= 15 is 0 Å². The van der Waals surface area contributed by atoms with Crippen molar-refractivity contribution in [1.82, 2.24) is 5.32 Å². The Kier molecular flexibility index (Phi) is 5.09. The van der Waals surface area contributed by atoms with Gasteiger partial charge in [-0.25, -0.2) is 0 Å². The summed E-state index contributed by atoms with van der Waals surface area (Å²) in [5.41, 5.74) is 5.27. The molecule has 1 aliphatic rings. The van der Waals surface area contributed by atoms with E-state index in [1.807, 2.05) is 0 Å². The van der Waals surface area contributed by atoms with E-state index in [9.17, 15) is 0 Å².